The molecule has 8 heteroatoms. The van der Waals surface area contributed by atoms with Crippen molar-refractivity contribution >= 4 is 45.0 Å². The van der Waals surface area contributed by atoms with Crippen LogP contribution in [0, 0.1) is 0 Å². The average molecular weight is 517 g/mol. The number of amides is 1. The molecule has 5 nitrogen and oxygen atoms in total. The quantitative estimate of drug-likeness (QED) is 0.321. The summed E-state index contributed by atoms with van der Waals surface area (Å²) in [5.41, 5.74) is 2.56. The average Bonchev–Trinajstić information content (AvgIpc) is 2.85. The highest BCUT2D eigenvalue weighted by molar-refractivity contribution is 7.98. The third-order valence-corrected chi connectivity index (χ3v) is 8.33. The number of aryl methyl sites for hydroxylation is 1. The van der Waals surface area contributed by atoms with Gasteiger partial charge in [-0.25, -0.2) is 8.42 Å². The third-order valence-electron chi connectivity index (χ3n) is 5.21. The zero-order valence-corrected chi connectivity index (χ0v) is 21.5. The van der Waals surface area contributed by atoms with Crippen LogP contribution in [0.25, 0.3) is 0 Å². The number of anilines is 1. The number of benzene rings is 3. The second-order valence-electron chi connectivity index (χ2n) is 7.69. The Morgan fingerprint density at radius 2 is 1.74 bits per heavy atom. The molecule has 1 N–H and O–H groups in total. The van der Waals surface area contributed by atoms with Gasteiger partial charge < -0.3 is 5.32 Å². The maximum Gasteiger partial charge on any atom is 0.264 e. The zero-order chi connectivity index (χ0) is 24.4. The zero-order valence-electron chi connectivity index (χ0n) is 19.1. The van der Waals surface area contributed by atoms with E-state index in [-0.39, 0.29) is 17.3 Å². The summed E-state index contributed by atoms with van der Waals surface area (Å²) in [5.74, 6) is 1.40. The van der Waals surface area contributed by atoms with Crippen LogP contribution in [0.3, 0.4) is 0 Å². The smallest absolute Gasteiger partial charge is 0.264 e. The number of carbonyl (C=O) groups excluding carboxylic acids is 1. The molecule has 3 aromatic carbocycles. The van der Waals surface area contributed by atoms with Gasteiger partial charge in [-0.3, -0.25) is 9.10 Å². The van der Waals surface area contributed by atoms with E-state index in [1.807, 2.05) is 43.3 Å². The lowest BCUT2D eigenvalue weighted by Gasteiger charge is -2.26. The Kier molecular flexibility index (Phi) is 9.86. The first-order valence-electron chi connectivity index (χ1n) is 11.2. The third kappa shape index (κ3) is 7.26. The molecule has 0 bridgehead atoms. The van der Waals surface area contributed by atoms with Gasteiger partial charge in [-0.2, -0.15) is 11.8 Å². The minimum atomic E-state index is -3.90. The fourth-order valence-electron chi connectivity index (χ4n) is 3.48. The first-order valence-corrected chi connectivity index (χ1v) is 14.1. The van der Waals surface area contributed by atoms with E-state index in [0.29, 0.717) is 18.7 Å². The van der Waals surface area contributed by atoms with Crippen LogP contribution < -0.4 is 9.62 Å². The second kappa shape index (κ2) is 12.8. The van der Waals surface area contributed by atoms with Crippen molar-refractivity contribution in [3.05, 3.63) is 95.0 Å². The number of halogens is 1. The van der Waals surface area contributed by atoms with E-state index in [1.165, 1.54) is 4.31 Å². The van der Waals surface area contributed by atoms with Gasteiger partial charge in [0.15, 0.2) is 0 Å². The summed E-state index contributed by atoms with van der Waals surface area (Å²) in [6.45, 7) is 2.17. The molecule has 0 aliphatic heterocycles. The fourth-order valence-corrected chi connectivity index (χ4v) is 6.08. The molecule has 0 aliphatic rings. The Morgan fingerprint density at radius 1 is 1.00 bits per heavy atom. The highest BCUT2D eigenvalue weighted by atomic mass is 35.5. The number of rotatable bonds is 12. The lowest BCUT2D eigenvalue weighted by Crippen LogP contribution is -2.41. The van der Waals surface area contributed by atoms with Gasteiger partial charge in [-0.05, 0) is 60.1 Å². The highest BCUT2D eigenvalue weighted by Gasteiger charge is 2.28. The van der Waals surface area contributed by atoms with Gasteiger partial charge in [0.2, 0.25) is 5.91 Å². The molecule has 3 aromatic rings. The van der Waals surface area contributed by atoms with E-state index in [0.717, 1.165) is 34.1 Å². The van der Waals surface area contributed by atoms with E-state index in [2.05, 4.69) is 5.32 Å². The van der Waals surface area contributed by atoms with E-state index in [4.69, 9.17) is 11.6 Å². The summed E-state index contributed by atoms with van der Waals surface area (Å²) in [4.78, 5) is 12.9. The minimum Gasteiger partial charge on any atom is -0.354 e. The Hall–Kier alpha value is -2.48. The highest BCUT2D eigenvalue weighted by Crippen LogP contribution is 2.27. The molecule has 0 saturated carbocycles. The van der Waals surface area contributed by atoms with Crippen molar-refractivity contribution in [1.82, 2.24) is 5.32 Å². The van der Waals surface area contributed by atoms with Gasteiger partial charge in [-0.1, -0.05) is 67.1 Å². The standard InChI is InChI=1S/C26H29ClN2O3S2/c1-2-22-11-6-7-15-25(22)29(34(31,32)24-13-4-3-5-14-24)19-26(30)28-16-9-17-33-20-21-10-8-12-23(27)18-21/h3-8,10-15,18H,2,9,16-17,19-20H2,1H3,(H,28,30). The van der Waals surface area contributed by atoms with Gasteiger partial charge in [-0.15, -0.1) is 0 Å². The van der Waals surface area contributed by atoms with Crippen molar-refractivity contribution < 1.29 is 13.2 Å². The van der Waals surface area contributed by atoms with Gasteiger partial charge in [0, 0.05) is 17.3 Å². The van der Waals surface area contributed by atoms with Crippen molar-refractivity contribution in [3.63, 3.8) is 0 Å². The molecule has 0 atom stereocenters. The van der Waals surface area contributed by atoms with Crippen LogP contribution in [0.1, 0.15) is 24.5 Å². The van der Waals surface area contributed by atoms with Gasteiger partial charge in [0.25, 0.3) is 10.0 Å². The number of nitrogens with one attached hydrogen (secondary N) is 1. The van der Waals surface area contributed by atoms with E-state index in [1.54, 1.807) is 54.2 Å². The van der Waals surface area contributed by atoms with Crippen molar-refractivity contribution in [1.29, 1.82) is 0 Å². The summed E-state index contributed by atoms with van der Waals surface area (Å²) in [7, 11) is -3.90. The van der Waals surface area contributed by atoms with E-state index < -0.39 is 10.0 Å². The topological polar surface area (TPSA) is 66.5 Å². The molecule has 0 aromatic heterocycles. The molecule has 180 valence electrons. The van der Waals surface area contributed by atoms with Crippen LogP contribution in [0.2, 0.25) is 5.02 Å². The molecule has 34 heavy (non-hydrogen) atoms. The molecule has 0 spiro atoms. The molecule has 0 radical (unpaired) electrons. The molecule has 0 aliphatic carbocycles. The van der Waals surface area contributed by atoms with Crippen LogP contribution in [0.5, 0.6) is 0 Å². The lowest BCUT2D eigenvalue weighted by molar-refractivity contribution is -0.119. The number of para-hydroxylation sites is 1. The molecular formula is C26H29ClN2O3S2. The SMILES string of the molecule is CCc1ccccc1N(CC(=O)NCCCSCc1cccc(Cl)c1)S(=O)(=O)c1ccccc1. The fraction of sp³-hybridized carbons (Fsp3) is 0.269. The summed E-state index contributed by atoms with van der Waals surface area (Å²) in [6, 6.07) is 23.3. The van der Waals surface area contributed by atoms with Crippen molar-refractivity contribution in [2.75, 3.05) is 23.1 Å². The maximum atomic E-state index is 13.4. The summed E-state index contributed by atoms with van der Waals surface area (Å²) in [5, 5.41) is 3.60. The summed E-state index contributed by atoms with van der Waals surface area (Å²) >= 11 is 7.78. The van der Waals surface area contributed by atoms with Crippen LogP contribution >= 0.6 is 23.4 Å². The van der Waals surface area contributed by atoms with Crippen LogP contribution in [0.15, 0.2) is 83.8 Å². The number of hydrogen-bond acceptors (Lipinski definition) is 4. The van der Waals surface area contributed by atoms with Gasteiger partial charge in [0.1, 0.15) is 6.54 Å². The molecule has 3 rings (SSSR count). The first-order chi connectivity index (χ1) is 16.4. The number of thioether (sulfide) groups is 1. The number of sulfonamides is 1. The largest absolute Gasteiger partial charge is 0.354 e. The Labute approximate surface area is 211 Å². The molecule has 0 unspecified atom stereocenters. The summed E-state index contributed by atoms with van der Waals surface area (Å²) in [6.07, 6.45) is 1.44. The van der Waals surface area contributed by atoms with Crippen molar-refractivity contribution in [2.24, 2.45) is 0 Å². The van der Waals surface area contributed by atoms with Crippen LogP contribution in [-0.4, -0.2) is 33.2 Å². The van der Waals surface area contributed by atoms with Gasteiger partial charge in [0.05, 0.1) is 10.6 Å². The Morgan fingerprint density at radius 3 is 2.47 bits per heavy atom. The molecule has 0 heterocycles. The monoisotopic (exact) mass is 516 g/mol. The molecule has 0 fully saturated rings. The molecule has 1 amide bonds. The van der Waals surface area contributed by atoms with Crippen LogP contribution in [0.4, 0.5) is 5.69 Å². The normalized spacial score (nSPS) is 11.2. The van der Waals surface area contributed by atoms with Crippen LogP contribution in [-0.2, 0) is 27.0 Å². The Bertz CT molecular complexity index is 1190. The van der Waals surface area contributed by atoms with Crippen molar-refractivity contribution in [2.45, 2.75) is 30.4 Å². The number of nitrogens with zero attached hydrogens (tertiary/aromatic N) is 1. The molecule has 0 saturated heterocycles. The second-order valence-corrected chi connectivity index (χ2v) is 11.1. The minimum absolute atomic E-state index is 0.158. The Balaban J connectivity index is 1.60. The lowest BCUT2D eigenvalue weighted by atomic mass is 10.1. The number of carbonyl (C=O) groups is 1. The number of hydrogen-bond donors (Lipinski definition) is 1. The maximum absolute atomic E-state index is 13.4. The first kappa shape index (κ1) is 26.1. The van der Waals surface area contributed by atoms with Gasteiger partial charge >= 0.3 is 0 Å². The predicted octanol–water partition coefficient (Wildman–Crippen LogP) is 5.54. The van der Waals surface area contributed by atoms with E-state index >= 15 is 0 Å². The predicted molar refractivity (Wildman–Crippen MR) is 142 cm³/mol. The van der Waals surface area contributed by atoms with E-state index in [9.17, 15) is 13.2 Å². The van der Waals surface area contributed by atoms with Crippen molar-refractivity contribution in [3.8, 4) is 0 Å². The molecular weight excluding hydrogens is 488 g/mol. The summed E-state index contributed by atoms with van der Waals surface area (Å²) < 4.78 is 28.1.